The molecule has 1 aliphatic rings. The molecule has 0 bridgehead atoms. The molecule has 3 rings (SSSR count). The molecule has 1 atom stereocenters. The molecule has 3 heterocycles. The van der Waals surface area contributed by atoms with E-state index in [9.17, 15) is 13.2 Å². The van der Waals surface area contributed by atoms with Gasteiger partial charge in [0.2, 0.25) is 15.9 Å². The Labute approximate surface area is 132 Å². The zero-order chi connectivity index (χ0) is 16.4. The van der Waals surface area contributed by atoms with Crippen molar-refractivity contribution < 1.29 is 22.0 Å². The van der Waals surface area contributed by atoms with Crippen molar-refractivity contribution in [3.05, 3.63) is 18.4 Å². The molecule has 1 saturated heterocycles. The van der Waals surface area contributed by atoms with Gasteiger partial charge in [-0.25, -0.2) is 8.42 Å². The van der Waals surface area contributed by atoms with Gasteiger partial charge in [0.15, 0.2) is 5.76 Å². The van der Waals surface area contributed by atoms with Gasteiger partial charge in [-0.3, -0.25) is 10.1 Å². The number of rotatable bonds is 4. The number of carbonyl (C=O) groups excluding carboxylic acids is 1. The van der Waals surface area contributed by atoms with Crippen LogP contribution in [0.5, 0.6) is 0 Å². The fourth-order valence-corrected chi connectivity index (χ4v) is 3.65. The van der Waals surface area contributed by atoms with E-state index in [1.54, 1.807) is 12.1 Å². The molecular formula is C13H16N4O5S. The lowest BCUT2D eigenvalue weighted by molar-refractivity contribution is -0.120. The van der Waals surface area contributed by atoms with Gasteiger partial charge in [0.25, 0.3) is 5.89 Å². The van der Waals surface area contributed by atoms with Crippen LogP contribution in [-0.4, -0.2) is 47.7 Å². The Bertz CT molecular complexity index is 783. The first kappa shape index (κ1) is 15.7. The van der Waals surface area contributed by atoms with Gasteiger partial charge in [-0.15, -0.1) is 5.10 Å². The summed E-state index contributed by atoms with van der Waals surface area (Å²) in [6.07, 6.45) is 4.54. The van der Waals surface area contributed by atoms with Crippen molar-refractivity contribution in [1.29, 1.82) is 0 Å². The third-order valence-electron chi connectivity index (χ3n) is 3.57. The number of hydrogen-bond donors (Lipinski definition) is 1. The minimum Gasteiger partial charge on any atom is -0.459 e. The molecule has 9 nitrogen and oxygen atoms in total. The first-order valence-electron chi connectivity index (χ1n) is 7.10. The first-order valence-corrected chi connectivity index (χ1v) is 8.95. The summed E-state index contributed by atoms with van der Waals surface area (Å²) >= 11 is 0. The molecule has 0 radical (unpaired) electrons. The van der Waals surface area contributed by atoms with Gasteiger partial charge in [-0.2, -0.15) is 4.31 Å². The molecule has 1 N–H and O–H groups in total. The molecule has 10 heteroatoms. The average Bonchev–Trinajstić information content (AvgIpc) is 3.17. The molecule has 1 amide bonds. The molecule has 23 heavy (non-hydrogen) atoms. The van der Waals surface area contributed by atoms with Crippen LogP contribution in [0.1, 0.15) is 19.3 Å². The highest BCUT2D eigenvalue weighted by molar-refractivity contribution is 7.88. The van der Waals surface area contributed by atoms with E-state index in [2.05, 4.69) is 15.5 Å². The number of sulfonamides is 1. The Kier molecular flexibility index (Phi) is 4.18. The Balaban J connectivity index is 1.73. The molecule has 0 spiro atoms. The second-order valence-corrected chi connectivity index (χ2v) is 7.20. The van der Waals surface area contributed by atoms with E-state index < -0.39 is 22.0 Å². The number of amides is 1. The topological polar surface area (TPSA) is 119 Å². The van der Waals surface area contributed by atoms with E-state index in [1.165, 1.54) is 10.6 Å². The Morgan fingerprint density at radius 2 is 2.22 bits per heavy atom. The van der Waals surface area contributed by atoms with Gasteiger partial charge >= 0.3 is 6.01 Å². The summed E-state index contributed by atoms with van der Waals surface area (Å²) < 4.78 is 35.2. The molecule has 2 aromatic rings. The average molecular weight is 340 g/mol. The van der Waals surface area contributed by atoms with E-state index in [0.717, 1.165) is 19.1 Å². The van der Waals surface area contributed by atoms with Crippen molar-refractivity contribution in [2.75, 3.05) is 18.1 Å². The molecule has 1 aliphatic heterocycles. The third-order valence-corrected chi connectivity index (χ3v) is 4.86. The van der Waals surface area contributed by atoms with Gasteiger partial charge in [0.1, 0.15) is 6.04 Å². The number of furan rings is 1. The monoisotopic (exact) mass is 340 g/mol. The standard InChI is InChI=1S/C13H16N4O5S/c1-23(19,20)17-7-3-2-5-9(17)11(18)14-13-16-15-12(22-13)10-6-4-8-21-10/h4,6,8-9H,2-3,5,7H2,1H3,(H,14,16,18)/t9-/m1/s1. The lowest BCUT2D eigenvalue weighted by Crippen LogP contribution is -2.49. The molecule has 0 saturated carbocycles. The van der Waals surface area contributed by atoms with E-state index in [1.807, 2.05) is 0 Å². The summed E-state index contributed by atoms with van der Waals surface area (Å²) in [6.45, 7) is 0.332. The SMILES string of the molecule is CS(=O)(=O)N1CCCC[C@@H]1C(=O)Nc1nnc(-c2ccco2)o1. The summed E-state index contributed by atoms with van der Waals surface area (Å²) in [5.41, 5.74) is 0. The summed E-state index contributed by atoms with van der Waals surface area (Å²) in [4.78, 5) is 12.4. The molecule has 1 fully saturated rings. The van der Waals surface area contributed by atoms with Crippen LogP contribution in [0.2, 0.25) is 0 Å². The fourth-order valence-electron chi connectivity index (χ4n) is 2.53. The predicted molar refractivity (Wildman–Crippen MR) is 79.8 cm³/mol. The van der Waals surface area contributed by atoms with E-state index in [-0.39, 0.29) is 11.9 Å². The van der Waals surface area contributed by atoms with Gasteiger partial charge in [-0.05, 0) is 25.0 Å². The Hall–Kier alpha value is -2.20. The van der Waals surface area contributed by atoms with Crippen molar-refractivity contribution in [2.45, 2.75) is 25.3 Å². The van der Waals surface area contributed by atoms with E-state index in [0.29, 0.717) is 18.7 Å². The number of nitrogens with one attached hydrogen (secondary N) is 1. The van der Waals surface area contributed by atoms with Crippen LogP contribution in [-0.2, 0) is 14.8 Å². The highest BCUT2D eigenvalue weighted by Crippen LogP contribution is 2.23. The number of anilines is 1. The van der Waals surface area contributed by atoms with Gasteiger partial charge in [0, 0.05) is 6.54 Å². The summed E-state index contributed by atoms with van der Waals surface area (Å²) in [5, 5.41) is 9.95. The van der Waals surface area contributed by atoms with Crippen molar-refractivity contribution in [3.63, 3.8) is 0 Å². The van der Waals surface area contributed by atoms with Crippen molar-refractivity contribution in [2.24, 2.45) is 0 Å². The van der Waals surface area contributed by atoms with Crippen molar-refractivity contribution in [1.82, 2.24) is 14.5 Å². The van der Waals surface area contributed by atoms with Crippen LogP contribution < -0.4 is 5.32 Å². The number of piperidine rings is 1. The zero-order valence-electron chi connectivity index (χ0n) is 12.4. The van der Waals surface area contributed by atoms with Crippen molar-refractivity contribution in [3.8, 4) is 11.7 Å². The maximum Gasteiger partial charge on any atom is 0.322 e. The molecule has 0 aromatic carbocycles. The normalized spacial score (nSPS) is 19.6. The van der Waals surface area contributed by atoms with Crippen LogP contribution in [0, 0.1) is 0 Å². The Morgan fingerprint density at radius 1 is 1.39 bits per heavy atom. The second-order valence-electron chi connectivity index (χ2n) is 5.26. The molecule has 0 unspecified atom stereocenters. The number of hydrogen-bond acceptors (Lipinski definition) is 7. The predicted octanol–water partition coefficient (Wildman–Crippen LogP) is 1.08. The molecular weight excluding hydrogens is 324 g/mol. The van der Waals surface area contributed by atoms with Crippen LogP contribution in [0.3, 0.4) is 0 Å². The molecule has 0 aliphatic carbocycles. The lowest BCUT2D eigenvalue weighted by atomic mass is 10.0. The van der Waals surface area contributed by atoms with Crippen LogP contribution in [0.25, 0.3) is 11.7 Å². The lowest BCUT2D eigenvalue weighted by Gasteiger charge is -2.32. The van der Waals surface area contributed by atoms with E-state index in [4.69, 9.17) is 8.83 Å². The van der Waals surface area contributed by atoms with Crippen LogP contribution in [0.4, 0.5) is 6.01 Å². The molecule has 2 aromatic heterocycles. The number of carbonyl (C=O) groups is 1. The minimum absolute atomic E-state index is 0.0968. The zero-order valence-corrected chi connectivity index (χ0v) is 13.2. The fraction of sp³-hybridized carbons (Fsp3) is 0.462. The maximum atomic E-state index is 12.4. The maximum absolute atomic E-state index is 12.4. The first-order chi connectivity index (χ1) is 10.9. The second kappa shape index (κ2) is 6.13. The Morgan fingerprint density at radius 3 is 2.91 bits per heavy atom. The van der Waals surface area contributed by atoms with Gasteiger partial charge < -0.3 is 8.83 Å². The summed E-state index contributed by atoms with van der Waals surface area (Å²) in [6, 6.07) is 2.45. The van der Waals surface area contributed by atoms with Crippen molar-refractivity contribution >= 4 is 21.9 Å². The smallest absolute Gasteiger partial charge is 0.322 e. The highest BCUT2D eigenvalue weighted by Gasteiger charge is 2.35. The van der Waals surface area contributed by atoms with Gasteiger partial charge in [0.05, 0.1) is 12.5 Å². The molecule has 124 valence electrons. The van der Waals surface area contributed by atoms with Crippen LogP contribution in [0.15, 0.2) is 27.2 Å². The summed E-state index contributed by atoms with van der Waals surface area (Å²) in [5.74, 6) is 0.0344. The summed E-state index contributed by atoms with van der Waals surface area (Å²) in [7, 11) is -3.45. The number of aromatic nitrogens is 2. The largest absolute Gasteiger partial charge is 0.459 e. The highest BCUT2D eigenvalue weighted by atomic mass is 32.2. The van der Waals surface area contributed by atoms with E-state index >= 15 is 0 Å². The van der Waals surface area contributed by atoms with Crippen LogP contribution >= 0.6 is 0 Å². The third kappa shape index (κ3) is 3.42. The van der Waals surface area contributed by atoms with Gasteiger partial charge in [-0.1, -0.05) is 11.5 Å². The minimum atomic E-state index is -3.45. The quantitative estimate of drug-likeness (QED) is 0.884. The number of nitrogens with zero attached hydrogens (tertiary/aromatic N) is 3.